The van der Waals surface area contributed by atoms with Gasteiger partial charge in [0, 0.05) is 30.4 Å². The van der Waals surface area contributed by atoms with Crippen LogP contribution in [0, 0.1) is 0 Å². The lowest BCUT2D eigenvalue weighted by Crippen LogP contribution is -2.58. The summed E-state index contributed by atoms with van der Waals surface area (Å²) in [6.45, 7) is 0.526. The van der Waals surface area contributed by atoms with Crippen LogP contribution < -0.4 is 4.74 Å². The third-order valence-corrected chi connectivity index (χ3v) is 5.37. The van der Waals surface area contributed by atoms with Crippen LogP contribution in [-0.2, 0) is 0 Å². The van der Waals surface area contributed by atoms with Crippen molar-refractivity contribution in [3.05, 3.63) is 84.2 Å². The van der Waals surface area contributed by atoms with E-state index in [2.05, 4.69) is 29.2 Å². The molecule has 4 rings (SSSR count). The highest BCUT2D eigenvalue weighted by molar-refractivity contribution is 5.94. The molecule has 1 aromatic heterocycles. The first-order valence-electron chi connectivity index (χ1n) is 9.28. The van der Waals surface area contributed by atoms with Gasteiger partial charge < -0.3 is 14.7 Å². The molecule has 28 heavy (non-hydrogen) atoms. The van der Waals surface area contributed by atoms with Crippen LogP contribution in [0.15, 0.2) is 73.1 Å². The summed E-state index contributed by atoms with van der Waals surface area (Å²) >= 11 is 0. The van der Waals surface area contributed by atoms with Crippen LogP contribution in [0.1, 0.15) is 21.8 Å². The highest BCUT2D eigenvalue weighted by Gasteiger charge is 2.42. The fourth-order valence-corrected chi connectivity index (χ4v) is 3.78. The van der Waals surface area contributed by atoms with Gasteiger partial charge in [-0.2, -0.15) is 0 Å². The quantitative estimate of drug-likeness (QED) is 0.744. The summed E-state index contributed by atoms with van der Waals surface area (Å²) < 4.78 is 5.44. The van der Waals surface area contributed by atoms with Crippen molar-refractivity contribution in [3.8, 4) is 16.9 Å². The Morgan fingerprint density at radius 1 is 1.14 bits per heavy atom. The Labute approximate surface area is 164 Å². The fraction of sp³-hybridized carbons (Fsp3) is 0.217. The summed E-state index contributed by atoms with van der Waals surface area (Å²) in [5.41, 5.74) is 3.78. The van der Waals surface area contributed by atoms with Crippen molar-refractivity contribution >= 4 is 5.91 Å². The smallest absolute Gasteiger partial charge is 0.255 e. The molecule has 1 fully saturated rings. The number of hydrogen-bond acceptors (Lipinski definition) is 4. The van der Waals surface area contributed by atoms with Gasteiger partial charge in [0.1, 0.15) is 5.75 Å². The second-order valence-electron chi connectivity index (χ2n) is 6.88. The van der Waals surface area contributed by atoms with Gasteiger partial charge in [-0.25, -0.2) is 0 Å². The number of para-hydroxylation sites is 1. The molecule has 3 aromatic rings. The Bertz CT molecular complexity index is 957. The van der Waals surface area contributed by atoms with Crippen molar-refractivity contribution in [2.45, 2.75) is 12.0 Å². The van der Waals surface area contributed by atoms with E-state index in [9.17, 15) is 9.90 Å². The van der Waals surface area contributed by atoms with Gasteiger partial charge in [-0.1, -0.05) is 42.5 Å². The number of pyridine rings is 1. The molecule has 5 nitrogen and oxygen atoms in total. The van der Waals surface area contributed by atoms with E-state index in [1.54, 1.807) is 36.5 Å². The third-order valence-electron chi connectivity index (χ3n) is 5.37. The molecular weight excluding hydrogens is 352 g/mol. The van der Waals surface area contributed by atoms with E-state index in [0.29, 0.717) is 12.1 Å². The Kier molecular flexibility index (Phi) is 5.08. The summed E-state index contributed by atoms with van der Waals surface area (Å²) in [7, 11) is 1.67. The third kappa shape index (κ3) is 3.25. The largest absolute Gasteiger partial charge is 0.496 e. The normalized spacial score (nSPS) is 18.4. The zero-order valence-corrected chi connectivity index (χ0v) is 15.7. The summed E-state index contributed by atoms with van der Waals surface area (Å²) in [6, 6.07) is 19.5. The number of benzene rings is 2. The molecular formula is C23H22N2O3. The van der Waals surface area contributed by atoms with Crippen LogP contribution in [-0.4, -0.2) is 47.2 Å². The number of rotatable bonds is 5. The molecule has 2 heterocycles. The van der Waals surface area contributed by atoms with Gasteiger partial charge >= 0.3 is 0 Å². The number of aliphatic hydroxyl groups excluding tert-OH is 1. The lowest BCUT2D eigenvalue weighted by Gasteiger charge is -2.47. The van der Waals surface area contributed by atoms with E-state index in [0.717, 1.165) is 22.4 Å². The number of likely N-dealkylation sites (tertiary alicyclic amines) is 1. The van der Waals surface area contributed by atoms with Gasteiger partial charge in [0.25, 0.3) is 5.91 Å². The number of carbonyl (C=O) groups is 1. The first-order chi connectivity index (χ1) is 13.7. The topological polar surface area (TPSA) is 62.7 Å². The summed E-state index contributed by atoms with van der Waals surface area (Å²) in [5.74, 6) is 0.867. The van der Waals surface area contributed by atoms with E-state index >= 15 is 0 Å². The molecule has 142 valence electrons. The lowest BCUT2D eigenvalue weighted by atomic mass is 9.82. The molecule has 1 saturated heterocycles. The minimum absolute atomic E-state index is 0.0646. The van der Waals surface area contributed by atoms with E-state index in [1.807, 2.05) is 24.3 Å². The Balaban J connectivity index is 1.52. The number of nitrogens with zero attached hydrogens (tertiary/aromatic N) is 2. The van der Waals surface area contributed by atoms with Crippen LogP contribution in [0.4, 0.5) is 0 Å². The monoisotopic (exact) mass is 374 g/mol. The predicted molar refractivity (Wildman–Crippen MR) is 107 cm³/mol. The van der Waals surface area contributed by atoms with Gasteiger partial charge in [-0.3, -0.25) is 9.78 Å². The molecule has 1 amide bonds. The maximum atomic E-state index is 12.6. The Morgan fingerprint density at radius 2 is 1.93 bits per heavy atom. The minimum Gasteiger partial charge on any atom is -0.496 e. The standard InChI is InChI=1S/C23H22N2O3/c1-28-22-7-3-2-6-19(22)16-8-10-17(11-9-16)20-14-25(21(20)15-26)23(27)18-5-4-12-24-13-18/h2-13,20-21,26H,14-15H2,1H3. The molecule has 0 radical (unpaired) electrons. The SMILES string of the molecule is COc1ccccc1-c1ccc(C2CN(C(=O)c3cccnc3)C2CO)cc1. The van der Waals surface area contributed by atoms with Gasteiger partial charge in [-0.15, -0.1) is 0 Å². The fourth-order valence-electron chi connectivity index (χ4n) is 3.78. The van der Waals surface area contributed by atoms with Crippen molar-refractivity contribution in [2.24, 2.45) is 0 Å². The highest BCUT2D eigenvalue weighted by atomic mass is 16.5. The van der Waals surface area contributed by atoms with Crippen molar-refractivity contribution in [1.29, 1.82) is 0 Å². The number of amides is 1. The molecule has 5 heteroatoms. The molecule has 0 spiro atoms. The number of methoxy groups -OCH3 is 1. The van der Waals surface area contributed by atoms with E-state index in [-0.39, 0.29) is 24.5 Å². The molecule has 0 bridgehead atoms. The van der Waals surface area contributed by atoms with Gasteiger partial charge in [0.15, 0.2) is 0 Å². The lowest BCUT2D eigenvalue weighted by molar-refractivity contribution is 0.0159. The van der Waals surface area contributed by atoms with E-state index < -0.39 is 0 Å². The van der Waals surface area contributed by atoms with Crippen LogP contribution in [0.3, 0.4) is 0 Å². The van der Waals surface area contributed by atoms with E-state index in [1.165, 1.54) is 0 Å². The van der Waals surface area contributed by atoms with Crippen LogP contribution in [0.25, 0.3) is 11.1 Å². The second-order valence-corrected chi connectivity index (χ2v) is 6.88. The van der Waals surface area contributed by atoms with Gasteiger partial charge in [0.05, 0.1) is 25.3 Å². The van der Waals surface area contributed by atoms with Crippen molar-refractivity contribution in [1.82, 2.24) is 9.88 Å². The molecule has 0 aliphatic carbocycles. The predicted octanol–water partition coefficient (Wildman–Crippen LogP) is 3.36. The molecule has 0 saturated carbocycles. The second kappa shape index (κ2) is 7.82. The highest BCUT2D eigenvalue weighted by Crippen LogP contribution is 2.37. The molecule has 2 atom stereocenters. The van der Waals surface area contributed by atoms with E-state index in [4.69, 9.17) is 4.74 Å². The Hall–Kier alpha value is -3.18. The number of ether oxygens (including phenoxy) is 1. The van der Waals surface area contributed by atoms with Crippen LogP contribution in [0.2, 0.25) is 0 Å². The molecule has 1 aliphatic heterocycles. The number of carbonyl (C=O) groups excluding carboxylic acids is 1. The van der Waals surface area contributed by atoms with Crippen molar-refractivity contribution in [2.75, 3.05) is 20.3 Å². The number of hydrogen-bond donors (Lipinski definition) is 1. The average Bonchev–Trinajstić information content (AvgIpc) is 2.74. The summed E-state index contributed by atoms with van der Waals surface area (Å²) in [4.78, 5) is 18.4. The molecule has 2 aromatic carbocycles. The molecule has 1 N–H and O–H groups in total. The maximum absolute atomic E-state index is 12.6. The van der Waals surface area contributed by atoms with Gasteiger partial charge in [-0.05, 0) is 29.3 Å². The van der Waals surface area contributed by atoms with Crippen molar-refractivity contribution < 1.29 is 14.6 Å². The Morgan fingerprint density at radius 3 is 2.61 bits per heavy atom. The number of aromatic nitrogens is 1. The summed E-state index contributed by atoms with van der Waals surface area (Å²) in [5, 5.41) is 9.86. The summed E-state index contributed by atoms with van der Waals surface area (Å²) in [6.07, 6.45) is 3.20. The van der Waals surface area contributed by atoms with Crippen LogP contribution in [0.5, 0.6) is 5.75 Å². The zero-order chi connectivity index (χ0) is 19.5. The first-order valence-corrected chi connectivity index (χ1v) is 9.28. The van der Waals surface area contributed by atoms with Gasteiger partial charge in [0.2, 0.25) is 0 Å². The minimum atomic E-state index is -0.218. The molecule has 1 aliphatic rings. The first kappa shape index (κ1) is 18.2. The zero-order valence-electron chi connectivity index (χ0n) is 15.7. The number of aliphatic hydroxyl groups is 1. The van der Waals surface area contributed by atoms with Crippen molar-refractivity contribution in [3.63, 3.8) is 0 Å². The molecule has 2 unspecified atom stereocenters. The average molecular weight is 374 g/mol. The van der Waals surface area contributed by atoms with Crippen LogP contribution >= 0.6 is 0 Å². The maximum Gasteiger partial charge on any atom is 0.255 e.